The zero-order chi connectivity index (χ0) is 18.6. The number of ether oxygens (including phenoxy) is 1. The number of anilines is 1. The van der Waals surface area contributed by atoms with Crippen molar-refractivity contribution in [2.45, 2.75) is 13.5 Å². The van der Waals surface area contributed by atoms with E-state index < -0.39 is 0 Å². The van der Waals surface area contributed by atoms with Crippen LogP contribution < -0.4 is 5.32 Å². The SMILES string of the molecule is Cc1ccccc1-c1csc(NC(=O)c2occc2CN2CCOCC2)n1. The second kappa shape index (κ2) is 8.04. The summed E-state index contributed by atoms with van der Waals surface area (Å²) < 4.78 is 10.8. The van der Waals surface area contributed by atoms with Crippen LogP contribution in [0, 0.1) is 6.92 Å². The van der Waals surface area contributed by atoms with E-state index in [1.807, 2.05) is 42.6 Å². The van der Waals surface area contributed by atoms with Gasteiger partial charge in [0.25, 0.3) is 5.91 Å². The number of carbonyl (C=O) groups is 1. The van der Waals surface area contributed by atoms with Crippen LogP contribution in [0.3, 0.4) is 0 Å². The third-order valence-corrected chi connectivity index (χ3v) is 5.35. The number of nitrogens with zero attached hydrogens (tertiary/aromatic N) is 2. The van der Waals surface area contributed by atoms with Crippen LogP contribution in [-0.2, 0) is 11.3 Å². The summed E-state index contributed by atoms with van der Waals surface area (Å²) in [5.74, 6) is 0.0723. The topological polar surface area (TPSA) is 67.6 Å². The molecule has 0 bridgehead atoms. The van der Waals surface area contributed by atoms with Crippen molar-refractivity contribution in [2.24, 2.45) is 0 Å². The molecule has 1 amide bonds. The van der Waals surface area contributed by atoms with Gasteiger partial charge in [-0.1, -0.05) is 24.3 Å². The number of benzene rings is 1. The Morgan fingerprint density at radius 2 is 2.07 bits per heavy atom. The van der Waals surface area contributed by atoms with Gasteiger partial charge < -0.3 is 9.15 Å². The van der Waals surface area contributed by atoms with Crippen molar-refractivity contribution < 1.29 is 13.9 Å². The zero-order valence-corrected chi connectivity index (χ0v) is 15.9. The van der Waals surface area contributed by atoms with Crippen molar-refractivity contribution in [3.8, 4) is 11.3 Å². The first-order valence-corrected chi connectivity index (χ1v) is 9.78. The number of amides is 1. The minimum atomic E-state index is -0.269. The van der Waals surface area contributed by atoms with Gasteiger partial charge in [0.15, 0.2) is 10.9 Å². The smallest absolute Gasteiger partial charge is 0.293 e. The number of thiazole rings is 1. The Kier molecular flexibility index (Phi) is 5.33. The summed E-state index contributed by atoms with van der Waals surface area (Å²) in [5.41, 5.74) is 3.96. The predicted octanol–water partition coefficient (Wildman–Crippen LogP) is 3.80. The molecule has 27 heavy (non-hydrogen) atoms. The van der Waals surface area contributed by atoms with Gasteiger partial charge in [-0.15, -0.1) is 11.3 Å². The van der Waals surface area contributed by atoms with E-state index in [1.54, 1.807) is 6.26 Å². The molecule has 1 saturated heterocycles. The third-order valence-electron chi connectivity index (χ3n) is 4.60. The van der Waals surface area contributed by atoms with Crippen molar-refractivity contribution in [2.75, 3.05) is 31.6 Å². The fourth-order valence-corrected chi connectivity index (χ4v) is 3.83. The van der Waals surface area contributed by atoms with Gasteiger partial charge in [0.2, 0.25) is 0 Å². The van der Waals surface area contributed by atoms with Gasteiger partial charge in [0.05, 0.1) is 25.2 Å². The van der Waals surface area contributed by atoms with E-state index in [1.165, 1.54) is 11.3 Å². The van der Waals surface area contributed by atoms with Crippen LogP contribution in [0.2, 0.25) is 0 Å². The molecule has 140 valence electrons. The highest BCUT2D eigenvalue weighted by Crippen LogP contribution is 2.27. The average molecular weight is 383 g/mol. The Morgan fingerprint density at radius 1 is 1.26 bits per heavy atom. The molecule has 6 nitrogen and oxygen atoms in total. The lowest BCUT2D eigenvalue weighted by molar-refractivity contribution is 0.0340. The number of morpholine rings is 1. The number of rotatable bonds is 5. The Labute approximate surface area is 161 Å². The van der Waals surface area contributed by atoms with Crippen LogP contribution in [-0.4, -0.2) is 42.1 Å². The summed E-state index contributed by atoms with van der Waals surface area (Å²) >= 11 is 1.41. The molecule has 1 N–H and O–H groups in total. The molecular weight excluding hydrogens is 362 g/mol. The Balaban J connectivity index is 1.46. The molecule has 1 fully saturated rings. The van der Waals surface area contributed by atoms with Crippen LogP contribution in [0.25, 0.3) is 11.3 Å². The van der Waals surface area contributed by atoms with Gasteiger partial charge in [0.1, 0.15) is 0 Å². The van der Waals surface area contributed by atoms with Crippen LogP contribution >= 0.6 is 11.3 Å². The van der Waals surface area contributed by atoms with Crippen LogP contribution in [0.4, 0.5) is 5.13 Å². The summed E-state index contributed by atoms with van der Waals surface area (Å²) in [4.78, 5) is 19.5. The van der Waals surface area contributed by atoms with Gasteiger partial charge in [-0.2, -0.15) is 0 Å². The van der Waals surface area contributed by atoms with Gasteiger partial charge in [0, 0.05) is 36.1 Å². The monoisotopic (exact) mass is 383 g/mol. The first-order chi connectivity index (χ1) is 13.2. The van der Waals surface area contributed by atoms with E-state index in [2.05, 4.69) is 15.2 Å². The first kappa shape index (κ1) is 17.9. The van der Waals surface area contributed by atoms with Gasteiger partial charge in [-0.25, -0.2) is 4.98 Å². The van der Waals surface area contributed by atoms with Gasteiger partial charge >= 0.3 is 0 Å². The van der Waals surface area contributed by atoms with Crippen molar-refractivity contribution in [3.63, 3.8) is 0 Å². The van der Waals surface area contributed by atoms with Crippen LogP contribution in [0.1, 0.15) is 21.7 Å². The molecule has 7 heteroatoms. The molecule has 2 aromatic heterocycles. The van der Waals surface area contributed by atoms with Crippen LogP contribution in [0.5, 0.6) is 0 Å². The van der Waals surface area contributed by atoms with E-state index in [9.17, 15) is 4.79 Å². The molecule has 0 unspecified atom stereocenters. The fraction of sp³-hybridized carbons (Fsp3) is 0.300. The van der Waals surface area contributed by atoms with Crippen LogP contribution in [0.15, 0.2) is 46.4 Å². The highest BCUT2D eigenvalue weighted by atomic mass is 32.1. The van der Waals surface area contributed by atoms with E-state index >= 15 is 0 Å². The number of furan rings is 1. The van der Waals surface area contributed by atoms with E-state index in [0.29, 0.717) is 17.4 Å². The summed E-state index contributed by atoms with van der Waals surface area (Å²) in [6, 6.07) is 9.92. The molecule has 0 radical (unpaired) electrons. The quantitative estimate of drug-likeness (QED) is 0.726. The van der Waals surface area contributed by atoms with Gasteiger partial charge in [-0.05, 0) is 18.6 Å². The molecule has 3 aromatic rings. The maximum absolute atomic E-state index is 12.7. The number of aryl methyl sites for hydroxylation is 1. The third kappa shape index (κ3) is 4.10. The molecule has 0 atom stereocenters. The van der Waals surface area contributed by atoms with Crippen molar-refractivity contribution in [1.82, 2.24) is 9.88 Å². The molecule has 3 heterocycles. The highest BCUT2D eigenvalue weighted by Gasteiger charge is 2.20. The number of carbonyl (C=O) groups excluding carboxylic acids is 1. The number of aromatic nitrogens is 1. The Morgan fingerprint density at radius 3 is 2.89 bits per heavy atom. The molecule has 0 saturated carbocycles. The average Bonchev–Trinajstić information content (AvgIpc) is 3.32. The molecule has 4 rings (SSSR count). The number of hydrogen-bond donors (Lipinski definition) is 1. The minimum absolute atomic E-state index is 0.269. The second-order valence-electron chi connectivity index (χ2n) is 6.47. The lowest BCUT2D eigenvalue weighted by Crippen LogP contribution is -2.36. The summed E-state index contributed by atoms with van der Waals surface area (Å²) in [6.45, 7) is 5.89. The zero-order valence-electron chi connectivity index (χ0n) is 15.1. The summed E-state index contributed by atoms with van der Waals surface area (Å²) in [7, 11) is 0. The molecule has 1 aliphatic rings. The lowest BCUT2D eigenvalue weighted by Gasteiger charge is -2.26. The summed E-state index contributed by atoms with van der Waals surface area (Å²) in [5, 5.41) is 5.38. The van der Waals surface area contributed by atoms with E-state index in [-0.39, 0.29) is 5.91 Å². The second-order valence-corrected chi connectivity index (χ2v) is 7.33. The lowest BCUT2D eigenvalue weighted by atomic mass is 10.1. The fourth-order valence-electron chi connectivity index (χ4n) is 3.13. The highest BCUT2D eigenvalue weighted by molar-refractivity contribution is 7.14. The maximum atomic E-state index is 12.7. The molecule has 1 aliphatic heterocycles. The maximum Gasteiger partial charge on any atom is 0.293 e. The largest absolute Gasteiger partial charge is 0.459 e. The first-order valence-electron chi connectivity index (χ1n) is 8.90. The Bertz CT molecular complexity index is 928. The number of hydrogen-bond acceptors (Lipinski definition) is 6. The van der Waals surface area contributed by atoms with E-state index in [0.717, 1.165) is 48.7 Å². The summed E-state index contributed by atoms with van der Waals surface area (Å²) in [6.07, 6.45) is 1.56. The molecule has 0 spiro atoms. The van der Waals surface area contributed by atoms with Crippen molar-refractivity contribution >= 4 is 22.4 Å². The van der Waals surface area contributed by atoms with Gasteiger partial charge in [-0.3, -0.25) is 15.0 Å². The molecule has 1 aromatic carbocycles. The van der Waals surface area contributed by atoms with E-state index in [4.69, 9.17) is 9.15 Å². The molecular formula is C20H21N3O3S. The standard InChI is InChI=1S/C20H21N3O3S/c1-14-4-2-3-5-16(14)17-13-27-20(21-17)22-19(24)18-15(6-9-26-18)12-23-7-10-25-11-8-23/h2-6,9,13H,7-8,10-12H2,1H3,(H,21,22,24). The van der Waals surface area contributed by atoms with Crippen molar-refractivity contribution in [3.05, 3.63) is 58.9 Å². The minimum Gasteiger partial charge on any atom is -0.459 e. The molecule has 0 aliphatic carbocycles. The normalized spacial score (nSPS) is 15.0. The predicted molar refractivity (Wildman–Crippen MR) is 105 cm³/mol. The number of nitrogens with one attached hydrogen (secondary N) is 1. The van der Waals surface area contributed by atoms with Crippen molar-refractivity contribution in [1.29, 1.82) is 0 Å². The Hall–Kier alpha value is -2.48.